The van der Waals surface area contributed by atoms with Crippen LogP contribution in [0.2, 0.25) is 0 Å². The molecule has 0 spiro atoms. The fourth-order valence-corrected chi connectivity index (χ4v) is 2.67. The van der Waals surface area contributed by atoms with Gasteiger partial charge in [0.2, 0.25) is 0 Å². The molecule has 1 nitrogen and oxygen atoms in total. The van der Waals surface area contributed by atoms with Crippen LogP contribution in [-0.4, -0.2) is 0 Å². The summed E-state index contributed by atoms with van der Waals surface area (Å²) >= 11 is 0. The van der Waals surface area contributed by atoms with Gasteiger partial charge in [0.05, 0.1) is 0 Å². The molecular formula is C14H21N. The van der Waals surface area contributed by atoms with E-state index in [1.165, 1.54) is 37.7 Å². The van der Waals surface area contributed by atoms with Crippen LogP contribution in [0.3, 0.4) is 0 Å². The maximum atomic E-state index is 5.70. The number of nitrogen functional groups attached to an aromatic ring is 1. The van der Waals surface area contributed by atoms with Crippen molar-refractivity contribution in [3.63, 3.8) is 0 Å². The van der Waals surface area contributed by atoms with E-state index < -0.39 is 0 Å². The molecular weight excluding hydrogens is 182 g/mol. The van der Waals surface area contributed by atoms with Gasteiger partial charge in [-0.15, -0.1) is 0 Å². The second-order valence-electron chi connectivity index (χ2n) is 4.79. The van der Waals surface area contributed by atoms with Gasteiger partial charge in [0.15, 0.2) is 0 Å². The highest BCUT2D eigenvalue weighted by Gasteiger charge is 2.20. The highest BCUT2D eigenvalue weighted by Crippen LogP contribution is 2.36. The van der Waals surface area contributed by atoms with Gasteiger partial charge >= 0.3 is 0 Å². The largest absolute Gasteiger partial charge is 0.399 e. The van der Waals surface area contributed by atoms with Gasteiger partial charge in [0, 0.05) is 5.69 Å². The van der Waals surface area contributed by atoms with Gasteiger partial charge < -0.3 is 5.73 Å². The standard InChI is InChI=1S/C14H21N/c1-2-11-3-5-12(6-4-11)13-7-9-14(15)10-8-13/h7-12H,2-6,15H2,1H3. The molecule has 0 aromatic heterocycles. The van der Waals surface area contributed by atoms with Gasteiger partial charge in [-0.05, 0) is 55.2 Å². The van der Waals surface area contributed by atoms with E-state index in [2.05, 4.69) is 19.1 Å². The number of nitrogens with two attached hydrogens (primary N) is 1. The van der Waals surface area contributed by atoms with E-state index in [4.69, 9.17) is 5.73 Å². The zero-order chi connectivity index (χ0) is 10.7. The fourth-order valence-electron chi connectivity index (χ4n) is 2.67. The molecule has 1 heteroatoms. The predicted molar refractivity (Wildman–Crippen MR) is 65.8 cm³/mol. The third-order valence-electron chi connectivity index (χ3n) is 3.83. The van der Waals surface area contributed by atoms with Crippen molar-refractivity contribution >= 4 is 5.69 Å². The third-order valence-corrected chi connectivity index (χ3v) is 3.83. The summed E-state index contributed by atoms with van der Waals surface area (Å²) in [6.45, 7) is 2.31. The van der Waals surface area contributed by atoms with Gasteiger partial charge in [-0.2, -0.15) is 0 Å². The average Bonchev–Trinajstić information content (AvgIpc) is 2.30. The topological polar surface area (TPSA) is 26.0 Å². The van der Waals surface area contributed by atoms with Crippen LogP contribution in [0.4, 0.5) is 5.69 Å². The van der Waals surface area contributed by atoms with Crippen LogP contribution in [0.15, 0.2) is 24.3 Å². The van der Waals surface area contributed by atoms with Crippen molar-refractivity contribution in [1.29, 1.82) is 0 Å². The molecule has 0 heterocycles. The summed E-state index contributed by atoms with van der Waals surface area (Å²) in [5.41, 5.74) is 8.06. The Labute approximate surface area is 92.7 Å². The van der Waals surface area contributed by atoms with E-state index in [0.29, 0.717) is 0 Å². The molecule has 0 unspecified atom stereocenters. The summed E-state index contributed by atoms with van der Waals surface area (Å²) in [5.74, 6) is 1.77. The zero-order valence-electron chi connectivity index (χ0n) is 9.58. The molecule has 1 saturated carbocycles. The van der Waals surface area contributed by atoms with Crippen LogP contribution in [0.25, 0.3) is 0 Å². The van der Waals surface area contributed by atoms with Crippen LogP contribution in [-0.2, 0) is 0 Å². The Kier molecular flexibility index (Phi) is 3.30. The number of hydrogen-bond donors (Lipinski definition) is 1. The predicted octanol–water partition coefficient (Wildman–Crippen LogP) is 3.95. The minimum absolute atomic E-state index is 0.786. The van der Waals surface area contributed by atoms with E-state index >= 15 is 0 Å². The lowest BCUT2D eigenvalue weighted by Crippen LogP contribution is -2.12. The van der Waals surface area contributed by atoms with Crippen LogP contribution in [0.5, 0.6) is 0 Å². The van der Waals surface area contributed by atoms with Crippen molar-refractivity contribution in [1.82, 2.24) is 0 Å². The molecule has 0 saturated heterocycles. The quantitative estimate of drug-likeness (QED) is 0.723. The molecule has 1 aliphatic carbocycles. The van der Waals surface area contributed by atoms with Crippen LogP contribution < -0.4 is 5.73 Å². The molecule has 82 valence electrons. The summed E-state index contributed by atoms with van der Waals surface area (Å²) in [4.78, 5) is 0. The number of benzene rings is 1. The molecule has 0 atom stereocenters. The van der Waals surface area contributed by atoms with Crippen molar-refractivity contribution in [2.75, 3.05) is 5.73 Å². The highest BCUT2D eigenvalue weighted by molar-refractivity contribution is 5.40. The summed E-state index contributed by atoms with van der Waals surface area (Å²) in [7, 11) is 0. The zero-order valence-corrected chi connectivity index (χ0v) is 9.58. The van der Waals surface area contributed by atoms with Gasteiger partial charge in [-0.1, -0.05) is 25.5 Å². The molecule has 0 radical (unpaired) electrons. The Hall–Kier alpha value is -0.980. The van der Waals surface area contributed by atoms with Crippen LogP contribution in [0, 0.1) is 5.92 Å². The van der Waals surface area contributed by atoms with Gasteiger partial charge in [-0.25, -0.2) is 0 Å². The lowest BCUT2D eigenvalue weighted by Gasteiger charge is -2.28. The van der Waals surface area contributed by atoms with Gasteiger partial charge in [0.25, 0.3) is 0 Å². The van der Waals surface area contributed by atoms with E-state index in [1.807, 2.05) is 12.1 Å². The van der Waals surface area contributed by atoms with E-state index in [0.717, 1.165) is 17.5 Å². The third kappa shape index (κ3) is 2.53. The summed E-state index contributed by atoms with van der Waals surface area (Å²) in [5, 5.41) is 0. The van der Waals surface area contributed by atoms with Gasteiger partial charge in [-0.3, -0.25) is 0 Å². The lowest BCUT2D eigenvalue weighted by molar-refractivity contribution is 0.319. The Morgan fingerprint density at radius 1 is 1.07 bits per heavy atom. The first kappa shape index (κ1) is 10.5. The molecule has 1 aromatic rings. The highest BCUT2D eigenvalue weighted by atomic mass is 14.5. The minimum atomic E-state index is 0.786. The van der Waals surface area contributed by atoms with E-state index in [9.17, 15) is 0 Å². The van der Waals surface area contributed by atoms with Crippen molar-refractivity contribution in [3.8, 4) is 0 Å². The first-order chi connectivity index (χ1) is 7.29. The van der Waals surface area contributed by atoms with Gasteiger partial charge in [0.1, 0.15) is 0 Å². The van der Waals surface area contributed by atoms with Crippen LogP contribution in [0.1, 0.15) is 50.5 Å². The first-order valence-corrected chi connectivity index (χ1v) is 6.15. The minimum Gasteiger partial charge on any atom is -0.399 e. The Balaban J connectivity index is 1.98. The number of hydrogen-bond acceptors (Lipinski definition) is 1. The van der Waals surface area contributed by atoms with E-state index in [1.54, 1.807) is 0 Å². The molecule has 0 aliphatic heterocycles. The lowest BCUT2D eigenvalue weighted by atomic mass is 9.78. The second kappa shape index (κ2) is 4.69. The normalized spacial score (nSPS) is 26.5. The van der Waals surface area contributed by atoms with Crippen molar-refractivity contribution < 1.29 is 0 Å². The van der Waals surface area contributed by atoms with E-state index in [-0.39, 0.29) is 0 Å². The van der Waals surface area contributed by atoms with Crippen molar-refractivity contribution in [3.05, 3.63) is 29.8 Å². The summed E-state index contributed by atoms with van der Waals surface area (Å²) in [6.07, 6.45) is 6.90. The SMILES string of the molecule is CCC1CCC(c2ccc(N)cc2)CC1. The second-order valence-corrected chi connectivity index (χ2v) is 4.79. The molecule has 1 aliphatic rings. The molecule has 2 N–H and O–H groups in total. The average molecular weight is 203 g/mol. The Bertz CT molecular complexity index is 294. The van der Waals surface area contributed by atoms with Crippen molar-refractivity contribution in [2.45, 2.75) is 44.9 Å². The number of anilines is 1. The molecule has 0 amide bonds. The Morgan fingerprint density at radius 3 is 2.20 bits per heavy atom. The maximum absolute atomic E-state index is 5.70. The molecule has 2 rings (SSSR count). The van der Waals surface area contributed by atoms with Crippen LogP contribution >= 0.6 is 0 Å². The fraction of sp³-hybridized carbons (Fsp3) is 0.571. The first-order valence-electron chi connectivity index (χ1n) is 6.15. The van der Waals surface area contributed by atoms with Crippen molar-refractivity contribution in [2.24, 2.45) is 5.92 Å². The summed E-state index contributed by atoms with van der Waals surface area (Å²) < 4.78 is 0. The smallest absolute Gasteiger partial charge is 0.0314 e. The molecule has 1 aromatic carbocycles. The molecule has 0 bridgehead atoms. The Morgan fingerprint density at radius 2 is 1.67 bits per heavy atom. The maximum Gasteiger partial charge on any atom is 0.0314 e. The number of rotatable bonds is 2. The molecule has 1 fully saturated rings. The monoisotopic (exact) mass is 203 g/mol. The summed E-state index contributed by atoms with van der Waals surface area (Å²) in [6, 6.07) is 8.46. The molecule has 15 heavy (non-hydrogen) atoms.